The van der Waals surface area contributed by atoms with Crippen molar-refractivity contribution in [1.82, 2.24) is 15.0 Å². The second-order valence-corrected chi connectivity index (χ2v) is 4.56. The van der Waals surface area contributed by atoms with Crippen molar-refractivity contribution in [2.75, 3.05) is 12.4 Å². The monoisotopic (exact) mass is 260 g/mol. The van der Waals surface area contributed by atoms with Gasteiger partial charge in [-0.1, -0.05) is 0 Å². The van der Waals surface area contributed by atoms with Crippen LogP contribution >= 0.6 is 11.3 Å². The van der Waals surface area contributed by atoms with Crippen LogP contribution in [0.2, 0.25) is 0 Å². The standard InChI is InChI=1S/C12H9FN4S/c1-14-11-8-4-7(13)2-3-9(8)16-12(17-11)10-5-15-6-18-10/h2-6H,1H3,(H,14,16,17). The molecule has 3 aromatic rings. The summed E-state index contributed by atoms with van der Waals surface area (Å²) in [6.07, 6.45) is 1.72. The largest absolute Gasteiger partial charge is 0.373 e. The summed E-state index contributed by atoms with van der Waals surface area (Å²) in [5, 5.41) is 3.64. The number of nitrogens with one attached hydrogen (secondary N) is 1. The molecule has 90 valence electrons. The Morgan fingerprint density at radius 2 is 2.17 bits per heavy atom. The van der Waals surface area contributed by atoms with Crippen LogP contribution in [0, 0.1) is 5.82 Å². The van der Waals surface area contributed by atoms with Crippen LogP contribution in [0.1, 0.15) is 0 Å². The van der Waals surface area contributed by atoms with Gasteiger partial charge in [0.15, 0.2) is 5.82 Å². The normalized spacial score (nSPS) is 10.8. The minimum atomic E-state index is -0.298. The molecule has 0 bridgehead atoms. The van der Waals surface area contributed by atoms with Gasteiger partial charge in [-0.3, -0.25) is 4.98 Å². The van der Waals surface area contributed by atoms with Crippen molar-refractivity contribution in [2.24, 2.45) is 0 Å². The van der Waals surface area contributed by atoms with Crippen molar-refractivity contribution in [1.29, 1.82) is 0 Å². The third-order valence-electron chi connectivity index (χ3n) is 2.55. The lowest BCUT2D eigenvalue weighted by Gasteiger charge is -2.06. The first kappa shape index (κ1) is 11.0. The Morgan fingerprint density at radius 3 is 2.89 bits per heavy atom. The minimum absolute atomic E-state index is 0.298. The van der Waals surface area contributed by atoms with Crippen LogP contribution in [0.15, 0.2) is 29.9 Å². The zero-order valence-electron chi connectivity index (χ0n) is 9.51. The number of hydrogen-bond donors (Lipinski definition) is 1. The van der Waals surface area contributed by atoms with Crippen LogP contribution in [-0.2, 0) is 0 Å². The number of thiazole rings is 1. The first-order valence-electron chi connectivity index (χ1n) is 5.32. The third kappa shape index (κ3) is 1.80. The van der Waals surface area contributed by atoms with Gasteiger partial charge in [-0.2, -0.15) is 0 Å². The Labute approximate surface area is 107 Å². The summed E-state index contributed by atoms with van der Waals surface area (Å²) in [5.74, 6) is 0.914. The zero-order chi connectivity index (χ0) is 12.5. The summed E-state index contributed by atoms with van der Waals surface area (Å²) in [6.45, 7) is 0. The molecule has 0 saturated heterocycles. The fourth-order valence-electron chi connectivity index (χ4n) is 1.73. The Hall–Kier alpha value is -2.08. The van der Waals surface area contributed by atoms with Gasteiger partial charge in [-0.15, -0.1) is 11.3 Å². The minimum Gasteiger partial charge on any atom is -0.373 e. The van der Waals surface area contributed by atoms with Gasteiger partial charge < -0.3 is 5.32 Å². The molecule has 0 unspecified atom stereocenters. The van der Waals surface area contributed by atoms with Gasteiger partial charge in [0.25, 0.3) is 0 Å². The van der Waals surface area contributed by atoms with E-state index < -0.39 is 0 Å². The number of aromatic nitrogens is 3. The predicted molar refractivity (Wildman–Crippen MR) is 70.2 cm³/mol. The molecule has 0 aliphatic carbocycles. The lowest BCUT2D eigenvalue weighted by Crippen LogP contribution is -1.98. The van der Waals surface area contributed by atoms with Gasteiger partial charge in [-0.05, 0) is 18.2 Å². The Bertz CT molecular complexity index is 697. The highest BCUT2D eigenvalue weighted by Gasteiger charge is 2.10. The van der Waals surface area contributed by atoms with E-state index in [1.54, 1.807) is 24.8 Å². The van der Waals surface area contributed by atoms with Crippen molar-refractivity contribution in [2.45, 2.75) is 0 Å². The molecule has 18 heavy (non-hydrogen) atoms. The van der Waals surface area contributed by atoms with Crippen molar-refractivity contribution in [3.8, 4) is 10.7 Å². The molecule has 2 heterocycles. The number of nitrogens with zero attached hydrogens (tertiary/aromatic N) is 3. The maximum absolute atomic E-state index is 13.2. The molecule has 4 nitrogen and oxygen atoms in total. The second kappa shape index (κ2) is 4.30. The van der Waals surface area contributed by atoms with Gasteiger partial charge >= 0.3 is 0 Å². The summed E-state index contributed by atoms with van der Waals surface area (Å²) < 4.78 is 13.2. The van der Waals surface area contributed by atoms with Crippen LogP contribution < -0.4 is 5.32 Å². The molecule has 2 aromatic heterocycles. The maximum Gasteiger partial charge on any atom is 0.173 e. The van der Waals surface area contributed by atoms with Gasteiger partial charge in [0.2, 0.25) is 0 Å². The van der Waals surface area contributed by atoms with Crippen molar-refractivity contribution < 1.29 is 4.39 Å². The van der Waals surface area contributed by atoms with E-state index in [4.69, 9.17) is 0 Å². The highest BCUT2D eigenvalue weighted by molar-refractivity contribution is 7.13. The average Bonchev–Trinajstić information content (AvgIpc) is 2.91. The smallest absolute Gasteiger partial charge is 0.173 e. The number of anilines is 1. The Morgan fingerprint density at radius 1 is 1.28 bits per heavy atom. The quantitative estimate of drug-likeness (QED) is 0.769. The number of hydrogen-bond acceptors (Lipinski definition) is 5. The highest BCUT2D eigenvalue weighted by Crippen LogP contribution is 2.26. The van der Waals surface area contributed by atoms with Crippen molar-refractivity contribution >= 4 is 28.1 Å². The first-order valence-corrected chi connectivity index (χ1v) is 6.20. The van der Waals surface area contributed by atoms with Crippen LogP contribution in [0.4, 0.5) is 10.2 Å². The fraction of sp³-hybridized carbons (Fsp3) is 0.0833. The number of fused-ring (bicyclic) bond motifs is 1. The van der Waals surface area contributed by atoms with E-state index in [-0.39, 0.29) is 5.82 Å². The van der Waals surface area contributed by atoms with Crippen LogP contribution in [-0.4, -0.2) is 22.0 Å². The topological polar surface area (TPSA) is 50.7 Å². The van der Waals surface area contributed by atoms with E-state index in [0.717, 1.165) is 4.88 Å². The fourth-order valence-corrected chi connectivity index (χ4v) is 2.28. The predicted octanol–water partition coefficient (Wildman–Crippen LogP) is 2.93. The lowest BCUT2D eigenvalue weighted by molar-refractivity contribution is 0.629. The second-order valence-electron chi connectivity index (χ2n) is 3.67. The van der Waals surface area contributed by atoms with E-state index in [1.165, 1.54) is 23.5 Å². The van der Waals surface area contributed by atoms with E-state index >= 15 is 0 Å². The molecule has 3 rings (SSSR count). The number of rotatable bonds is 2. The number of halogens is 1. The molecule has 0 atom stereocenters. The molecule has 0 aliphatic heterocycles. The molecule has 0 saturated carbocycles. The van der Waals surface area contributed by atoms with Gasteiger partial charge in [-0.25, -0.2) is 14.4 Å². The Kier molecular flexibility index (Phi) is 2.64. The molecular weight excluding hydrogens is 251 g/mol. The average molecular weight is 260 g/mol. The van der Waals surface area contributed by atoms with Crippen molar-refractivity contribution in [3.05, 3.63) is 35.7 Å². The summed E-state index contributed by atoms with van der Waals surface area (Å²) in [4.78, 5) is 13.7. The molecule has 0 spiro atoms. The van der Waals surface area contributed by atoms with Gasteiger partial charge in [0, 0.05) is 18.6 Å². The third-order valence-corrected chi connectivity index (χ3v) is 3.32. The summed E-state index contributed by atoms with van der Waals surface area (Å²) in [5.41, 5.74) is 2.44. The molecule has 0 aliphatic rings. The zero-order valence-corrected chi connectivity index (χ0v) is 10.3. The number of benzene rings is 1. The van der Waals surface area contributed by atoms with Gasteiger partial charge in [0.05, 0.1) is 15.9 Å². The summed E-state index contributed by atoms with van der Waals surface area (Å²) >= 11 is 1.47. The van der Waals surface area contributed by atoms with Crippen molar-refractivity contribution in [3.63, 3.8) is 0 Å². The van der Waals surface area contributed by atoms with E-state index in [9.17, 15) is 4.39 Å². The molecule has 0 fully saturated rings. The molecule has 1 aromatic carbocycles. The molecule has 0 radical (unpaired) electrons. The Balaban J connectivity index is 2.28. The summed E-state index contributed by atoms with van der Waals surface area (Å²) in [7, 11) is 1.75. The maximum atomic E-state index is 13.2. The van der Waals surface area contributed by atoms with Crippen LogP contribution in [0.3, 0.4) is 0 Å². The molecular formula is C12H9FN4S. The first-order chi connectivity index (χ1) is 8.78. The van der Waals surface area contributed by atoms with Crippen LogP contribution in [0.25, 0.3) is 21.6 Å². The molecule has 1 N–H and O–H groups in total. The van der Waals surface area contributed by atoms with E-state index in [2.05, 4.69) is 20.3 Å². The molecule has 6 heteroatoms. The molecule has 0 amide bonds. The van der Waals surface area contributed by atoms with Gasteiger partial charge in [0.1, 0.15) is 11.6 Å². The summed E-state index contributed by atoms with van der Waals surface area (Å²) in [6, 6.07) is 4.47. The SMILES string of the molecule is CNc1nc(-c2cncs2)nc2ccc(F)cc12. The highest BCUT2D eigenvalue weighted by atomic mass is 32.1. The lowest BCUT2D eigenvalue weighted by atomic mass is 10.2. The van der Waals surface area contributed by atoms with E-state index in [1.807, 2.05) is 0 Å². The van der Waals surface area contributed by atoms with E-state index in [0.29, 0.717) is 22.5 Å². The van der Waals surface area contributed by atoms with Crippen LogP contribution in [0.5, 0.6) is 0 Å².